The first-order chi connectivity index (χ1) is 7.73. The zero-order valence-electron chi connectivity index (χ0n) is 9.05. The number of piperidine rings is 1. The molecule has 1 aliphatic carbocycles. The number of benzene rings is 1. The van der Waals surface area contributed by atoms with Crippen LogP contribution in [0.1, 0.15) is 35.2 Å². The van der Waals surface area contributed by atoms with E-state index in [0.717, 1.165) is 25.9 Å². The van der Waals surface area contributed by atoms with Crippen molar-refractivity contribution in [2.24, 2.45) is 0 Å². The molecule has 0 atom stereocenters. The van der Waals surface area contributed by atoms with Crippen LogP contribution in [0.4, 0.5) is 4.39 Å². The Morgan fingerprint density at radius 3 is 2.75 bits per heavy atom. The Bertz CT molecular complexity index is 449. The van der Waals surface area contributed by atoms with Crippen molar-refractivity contribution in [3.63, 3.8) is 0 Å². The SMILES string of the molecule is O=C1CC2(CCNCC2)c2c(F)cccc21. The van der Waals surface area contributed by atoms with Gasteiger partial charge in [0.2, 0.25) is 0 Å². The molecule has 3 rings (SSSR count). The third-order valence-corrected chi connectivity index (χ3v) is 3.90. The van der Waals surface area contributed by atoms with Gasteiger partial charge in [0.05, 0.1) is 0 Å². The molecule has 1 aliphatic heterocycles. The molecule has 2 nitrogen and oxygen atoms in total. The van der Waals surface area contributed by atoms with Crippen LogP contribution >= 0.6 is 0 Å². The van der Waals surface area contributed by atoms with Gasteiger partial charge in [-0.05, 0) is 32.0 Å². The van der Waals surface area contributed by atoms with Crippen molar-refractivity contribution in [2.75, 3.05) is 13.1 Å². The van der Waals surface area contributed by atoms with Crippen LogP contribution in [0.3, 0.4) is 0 Å². The van der Waals surface area contributed by atoms with Gasteiger partial charge in [0.25, 0.3) is 0 Å². The standard InChI is InChI=1S/C13H14FNO/c14-10-3-1-2-9-11(16)8-13(12(9)10)4-6-15-7-5-13/h1-3,15H,4-8H2. The molecular weight excluding hydrogens is 205 g/mol. The summed E-state index contributed by atoms with van der Waals surface area (Å²) in [5.41, 5.74) is 1.08. The fourth-order valence-corrected chi connectivity index (χ4v) is 3.12. The molecule has 2 aliphatic rings. The molecule has 0 amide bonds. The predicted molar refractivity (Wildman–Crippen MR) is 59.1 cm³/mol. The maximum atomic E-state index is 13.9. The van der Waals surface area contributed by atoms with E-state index in [2.05, 4.69) is 5.32 Å². The van der Waals surface area contributed by atoms with Gasteiger partial charge in [-0.1, -0.05) is 12.1 Å². The fraction of sp³-hybridized carbons (Fsp3) is 0.462. The Morgan fingerprint density at radius 1 is 1.25 bits per heavy atom. The van der Waals surface area contributed by atoms with E-state index in [9.17, 15) is 9.18 Å². The van der Waals surface area contributed by atoms with E-state index in [1.165, 1.54) is 6.07 Å². The molecule has 0 radical (unpaired) electrons. The maximum Gasteiger partial charge on any atom is 0.164 e. The zero-order valence-corrected chi connectivity index (χ0v) is 9.05. The molecule has 1 fully saturated rings. The van der Waals surface area contributed by atoms with Crippen LogP contribution in [-0.2, 0) is 5.41 Å². The molecule has 1 N–H and O–H groups in total. The first-order valence-electron chi connectivity index (χ1n) is 5.76. The van der Waals surface area contributed by atoms with E-state index in [-0.39, 0.29) is 17.0 Å². The molecule has 1 saturated heterocycles. The summed E-state index contributed by atoms with van der Waals surface area (Å²) in [6.45, 7) is 1.75. The quantitative estimate of drug-likeness (QED) is 0.723. The summed E-state index contributed by atoms with van der Waals surface area (Å²) in [6.07, 6.45) is 2.23. The number of carbonyl (C=O) groups is 1. The van der Waals surface area contributed by atoms with Crippen molar-refractivity contribution in [2.45, 2.75) is 24.7 Å². The molecule has 3 heteroatoms. The first-order valence-corrected chi connectivity index (χ1v) is 5.76. The van der Waals surface area contributed by atoms with E-state index in [1.807, 2.05) is 0 Å². The van der Waals surface area contributed by atoms with Crippen molar-refractivity contribution in [1.82, 2.24) is 5.32 Å². The van der Waals surface area contributed by atoms with E-state index >= 15 is 0 Å². The van der Waals surface area contributed by atoms with Gasteiger partial charge in [0, 0.05) is 23.0 Å². The molecule has 0 unspecified atom stereocenters. The highest BCUT2D eigenvalue weighted by atomic mass is 19.1. The van der Waals surface area contributed by atoms with Gasteiger partial charge in [-0.3, -0.25) is 4.79 Å². The second-order valence-corrected chi connectivity index (χ2v) is 4.79. The number of fused-ring (bicyclic) bond motifs is 2. The van der Waals surface area contributed by atoms with E-state index in [4.69, 9.17) is 0 Å². The lowest BCUT2D eigenvalue weighted by molar-refractivity contribution is 0.0964. The van der Waals surface area contributed by atoms with Gasteiger partial charge in [-0.25, -0.2) is 4.39 Å². The molecule has 1 heterocycles. The number of hydrogen-bond donors (Lipinski definition) is 1. The van der Waals surface area contributed by atoms with Crippen LogP contribution in [0.5, 0.6) is 0 Å². The second-order valence-electron chi connectivity index (χ2n) is 4.79. The average Bonchev–Trinajstić information content (AvgIpc) is 2.55. The molecule has 0 aromatic heterocycles. The van der Waals surface area contributed by atoms with Gasteiger partial charge >= 0.3 is 0 Å². The average molecular weight is 219 g/mol. The topological polar surface area (TPSA) is 29.1 Å². The van der Waals surface area contributed by atoms with Gasteiger partial charge in [-0.2, -0.15) is 0 Å². The van der Waals surface area contributed by atoms with Gasteiger partial charge in [0.15, 0.2) is 5.78 Å². The van der Waals surface area contributed by atoms with Gasteiger partial charge < -0.3 is 5.32 Å². The third kappa shape index (κ3) is 1.24. The van der Waals surface area contributed by atoms with Crippen molar-refractivity contribution in [3.8, 4) is 0 Å². The number of carbonyl (C=O) groups excluding carboxylic acids is 1. The molecule has 1 aromatic carbocycles. The van der Waals surface area contributed by atoms with Crippen molar-refractivity contribution >= 4 is 5.78 Å². The van der Waals surface area contributed by atoms with Crippen molar-refractivity contribution < 1.29 is 9.18 Å². The summed E-state index contributed by atoms with van der Waals surface area (Å²) < 4.78 is 13.9. The van der Waals surface area contributed by atoms with E-state index < -0.39 is 0 Å². The van der Waals surface area contributed by atoms with Crippen LogP contribution in [0.2, 0.25) is 0 Å². The largest absolute Gasteiger partial charge is 0.317 e. The molecule has 0 saturated carbocycles. The predicted octanol–water partition coefficient (Wildman–Crippen LogP) is 2.03. The number of nitrogens with one attached hydrogen (secondary N) is 1. The van der Waals surface area contributed by atoms with Gasteiger partial charge in [0.1, 0.15) is 5.82 Å². The van der Waals surface area contributed by atoms with Gasteiger partial charge in [-0.15, -0.1) is 0 Å². The summed E-state index contributed by atoms with van der Waals surface area (Å²) in [7, 11) is 0. The number of ketones is 1. The summed E-state index contributed by atoms with van der Waals surface area (Å²) in [4.78, 5) is 11.9. The monoisotopic (exact) mass is 219 g/mol. The Morgan fingerprint density at radius 2 is 2.00 bits per heavy atom. The molecule has 1 aromatic rings. The molecule has 0 bridgehead atoms. The Labute approximate surface area is 93.9 Å². The lowest BCUT2D eigenvalue weighted by Crippen LogP contribution is -2.39. The number of halogens is 1. The Hall–Kier alpha value is -1.22. The van der Waals surface area contributed by atoms with Crippen molar-refractivity contribution in [3.05, 3.63) is 35.1 Å². The Kier molecular flexibility index (Phi) is 2.11. The first kappa shape index (κ1) is 9.97. The lowest BCUT2D eigenvalue weighted by atomic mass is 9.74. The molecule has 84 valence electrons. The van der Waals surface area contributed by atoms with E-state index in [0.29, 0.717) is 17.5 Å². The van der Waals surface area contributed by atoms with Crippen LogP contribution < -0.4 is 5.32 Å². The van der Waals surface area contributed by atoms with Crippen LogP contribution in [-0.4, -0.2) is 18.9 Å². The van der Waals surface area contributed by atoms with Crippen LogP contribution in [0, 0.1) is 5.82 Å². The summed E-state index contributed by atoms with van der Waals surface area (Å²) in [5, 5.41) is 3.27. The molecular formula is C13H14FNO. The molecule has 16 heavy (non-hydrogen) atoms. The van der Waals surface area contributed by atoms with E-state index in [1.54, 1.807) is 12.1 Å². The minimum atomic E-state index is -0.219. The number of Topliss-reactive ketones (excluding diaryl/α,β-unsaturated/α-hetero) is 1. The highest BCUT2D eigenvalue weighted by Gasteiger charge is 2.45. The Balaban J connectivity index is 2.16. The summed E-state index contributed by atoms with van der Waals surface area (Å²) >= 11 is 0. The third-order valence-electron chi connectivity index (χ3n) is 3.90. The summed E-state index contributed by atoms with van der Waals surface area (Å²) in [6, 6.07) is 4.87. The molecule has 1 spiro atoms. The maximum absolute atomic E-state index is 13.9. The number of rotatable bonds is 0. The zero-order chi connectivity index (χ0) is 11.2. The number of hydrogen-bond acceptors (Lipinski definition) is 2. The minimum absolute atomic E-state index is 0.108. The second kappa shape index (κ2) is 3.39. The van der Waals surface area contributed by atoms with Crippen LogP contribution in [0.15, 0.2) is 18.2 Å². The lowest BCUT2D eigenvalue weighted by Gasteiger charge is -2.34. The summed E-state index contributed by atoms with van der Waals surface area (Å²) in [5.74, 6) is -0.0957. The highest BCUT2D eigenvalue weighted by Crippen LogP contribution is 2.45. The minimum Gasteiger partial charge on any atom is -0.317 e. The smallest absolute Gasteiger partial charge is 0.164 e. The fourth-order valence-electron chi connectivity index (χ4n) is 3.12. The van der Waals surface area contributed by atoms with Crippen LogP contribution in [0.25, 0.3) is 0 Å². The highest BCUT2D eigenvalue weighted by molar-refractivity contribution is 6.02. The normalized spacial score (nSPS) is 22.4. The van der Waals surface area contributed by atoms with Crippen molar-refractivity contribution in [1.29, 1.82) is 0 Å².